The molecule has 0 bridgehead atoms. The molecule has 4 aliphatic heterocycles. The van der Waals surface area contributed by atoms with Gasteiger partial charge in [0.15, 0.2) is 0 Å². The number of hydrogen-bond donors (Lipinski definition) is 1. The molecule has 2 unspecified atom stereocenters. The van der Waals surface area contributed by atoms with Crippen LogP contribution in [0.2, 0.25) is 0 Å². The van der Waals surface area contributed by atoms with Crippen LogP contribution in [0.4, 0.5) is 10.2 Å². The molecule has 0 aliphatic carbocycles. The van der Waals surface area contributed by atoms with Gasteiger partial charge in [-0.05, 0) is 54.8 Å². The molecule has 6 rings (SSSR count). The van der Waals surface area contributed by atoms with Gasteiger partial charge in [-0.1, -0.05) is 18.2 Å². The quantitative estimate of drug-likeness (QED) is 0.762. The Morgan fingerprint density at radius 1 is 1.00 bits per heavy atom. The highest BCUT2D eigenvalue weighted by molar-refractivity contribution is 6.11. The van der Waals surface area contributed by atoms with Crippen LogP contribution in [0.1, 0.15) is 30.1 Å². The van der Waals surface area contributed by atoms with E-state index in [1.54, 1.807) is 12.1 Å². The molecule has 5 heterocycles. The fourth-order valence-corrected chi connectivity index (χ4v) is 5.42. The Morgan fingerprint density at radius 2 is 1.88 bits per heavy atom. The highest BCUT2D eigenvalue weighted by atomic mass is 19.1. The van der Waals surface area contributed by atoms with Crippen LogP contribution in [0.15, 0.2) is 70.8 Å². The normalized spacial score (nSPS) is 24.4. The number of benzene rings is 1. The molecule has 34 heavy (non-hydrogen) atoms. The molecule has 1 aromatic carbocycles. The lowest BCUT2D eigenvalue weighted by atomic mass is 9.94. The molecule has 7 heteroatoms. The number of rotatable bonds is 3. The summed E-state index contributed by atoms with van der Waals surface area (Å²) in [6, 6.07) is 13.4. The highest BCUT2D eigenvalue weighted by Gasteiger charge is 2.31. The van der Waals surface area contributed by atoms with Crippen LogP contribution in [0.25, 0.3) is 5.57 Å². The van der Waals surface area contributed by atoms with Gasteiger partial charge >= 0.3 is 0 Å². The SMILES string of the molecule is Fc1cccc(C2CCCN2C2=NCC3C(c4cccc(N5CCNCC5)n4)=CN=C3C=C2)c1. The maximum atomic E-state index is 13.9. The summed E-state index contributed by atoms with van der Waals surface area (Å²) >= 11 is 0. The summed E-state index contributed by atoms with van der Waals surface area (Å²) in [4.78, 5) is 19.4. The minimum Gasteiger partial charge on any atom is -0.354 e. The zero-order valence-corrected chi connectivity index (χ0v) is 19.2. The van der Waals surface area contributed by atoms with E-state index in [-0.39, 0.29) is 17.8 Å². The number of amidine groups is 1. The van der Waals surface area contributed by atoms with Gasteiger partial charge in [-0.25, -0.2) is 9.37 Å². The number of aliphatic imine (C=N–C) groups is 2. The van der Waals surface area contributed by atoms with Crippen LogP contribution >= 0.6 is 0 Å². The molecule has 2 fully saturated rings. The number of nitrogens with zero attached hydrogens (tertiary/aromatic N) is 5. The highest BCUT2D eigenvalue weighted by Crippen LogP contribution is 2.35. The number of likely N-dealkylation sites (tertiary alicyclic amines) is 1. The zero-order valence-electron chi connectivity index (χ0n) is 19.2. The van der Waals surface area contributed by atoms with E-state index in [1.165, 1.54) is 6.07 Å². The van der Waals surface area contributed by atoms with Gasteiger partial charge in [0.05, 0.1) is 18.3 Å². The fraction of sp³-hybridized carbons (Fsp3) is 0.370. The van der Waals surface area contributed by atoms with Crippen molar-refractivity contribution in [2.75, 3.05) is 44.2 Å². The third-order valence-electron chi connectivity index (χ3n) is 7.18. The average Bonchev–Trinajstić information content (AvgIpc) is 3.48. The van der Waals surface area contributed by atoms with E-state index in [0.717, 1.165) is 79.8 Å². The lowest BCUT2D eigenvalue weighted by Crippen LogP contribution is -2.43. The number of nitrogens with one attached hydrogen (secondary N) is 1. The van der Waals surface area contributed by atoms with Crippen molar-refractivity contribution in [3.05, 3.63) is 77.9 Å². The van der Waals surface area contributed by atoms with Gasteiger partial charge in [0.2, 0.25) is 0 Å². The molecule has 2 aromatic rings. The van der Waals surface area contributed by atoms with Crippen LogP contribution in [-0.2, 0) is 0 Å². The smallest absolute Gasteiger partial charge is 0.129 e. The van der Waals surface area contributed by atoms with E-state index in [9.17, 15) is 4.39 Å². The van der Waals surface area contributed by atoms with E-state index in [4.69, 9.17) is 15.0 Å². The van der Waals surface area contributed by atoms with Crippen LogP contribution in [-0.4, -0.2) is 60.7 Å². The second-order valence-electron chi connectivity index (χ2n) is 9.25. The monoisotopic (exact) mass is 456 g/mol. The summed E-state index contributed by atoms with van der Waals surface area (Å²) < 4.78 is 13.9. The third-order valence-corrected chi connectivity index (χ3v) is 7.18. The molecule has 2 atom stereocenters. The number of aromatic nitrogens is 1. The van der Waals surface area contributed by atoms with Crippen molar-refractivity contribution in [2.45, 2.75) is 18.9 Å². The van der Waals surface area contributed by atoms with E-state index in [2.05, 4.69) is 45.5 Å². The second-order valence-corrected chi connectivity index (χ2v) is 9.25. The minimum absolute atomic E-state index is 0.106. The largest absolute Gasteiger partial charge is 0.354 e. The Hall–Kier alpha value is -3.32. The molecule has 1 N–H and O–H groups in total. The number of piperazine rings is 1. The summed E-state index contributed by atoms with van der Waals surface area (Å²) in [5.74, 6) is 1.91. The molecule has 2 saturated heterocycles. The first-order valence-electron chi connectivity index (χ1n) is 12.2. The van der Waals surface area contributed by atoms with E-state index < -0.39 is 0 Å². The van der Waals surface area contributed by atoms with Gasteiger partial charge < -0.3 is 15.1 Å². The Kier molecular flexibility index (Phi) is 5.71. The number of pyridine rings is 1. The zero-order chi connectivity index (χ0) is 22.9. The Balaban J connectivity index is 1.22. The van der Waals surface area contributed by atoms with Crippen LogP contribution in [0.3, 0.4) is 0 Å². The maximum Gasteiger partial charge on any atom is 0.129 e. The first-order chi connectivity index (χ1) is 16.8. The standard InChI is InChI=1S/C27H29FN6/c28-20-5-1-4-19(16-20)25-7-3-13-34(25)26-10-9-23-21(18-31-26)22(17-30-23)24-6-2-8-27(32-24)33-14-11-29-12-15-33/h1-2,4-6,8-10,16-17,21,25,29H,3,7,11-15,18H2. The summed E-state index contributed by atoms with van der Waals surface area (Å²) in [6.45, 7) is 5.48. The van der Waals surface area contributed by atoms with Crippen molar-refractivity contribution in [3.63, 3.8) is 0 Å². The van der Waals surface area contributed by atoms with Gasteiger partial charge in [-0.2, -0.15) is 0 Å². The lowest BCUT2D eigenvalue weighted by Gasteiger charge is -2.28. The van der Waals surface area contributed by atoms with Crippen molar-refractivity contribution < 1.29 is 4.39 Å². The Bertz CT molecular complexity index is 1190. The first-order valence-corrected chi connectivity index (χ1v) is 12.2. The van der Waals surface area contributed by atoms with Gasteiger partial charge in [0.1, 0.15) is 17.5 Å². The Labute approximate surface area is 199 Å². The molecule has 0 radical (unpaired) electrons. The number of hydrogen-bond acceptors (Lipinski definition) is 6. The van der Waals surface area contributed by atoms with Crippen molar-refractivity contribution in [1.29, 1.82) is 0 Å². The molecule has 0 amide bonds. The van der Waals surface area contributed by atoms with E-state index in [1.807, 2.05) is 12.3 Å². The number of anilines is 1. The molecule has 4 aliphatic rings. The number of allylic oxidation sites excluding steroid dienone is 1. The van der Waals surface area contributed by atoms with Gasteiger partial charge in [0.25, 0.3) is 0 Å². The number of fused-ring (bicyclic) bond motifs is 1. The van der Waals surface area contributed by atoms with Crippen LogP contribution in [0, 0.1) is 11.7 Å². The topological polar surface area (TPSA) is 56.1 Å². The van der Waals surface area contributed by atoms with Crippen molar-refractivity contribution in [1.82, 2.24) is 15.2 Å². The second kappa shape index (κ2) is 9.14. The summed E-state index contributed by atoms with van der Waals surface area (Å²) in [6.07, 6.45) is 8.22. The van der Waals surface area contributed by atoms with Gasteiger partial charge in [-0.3, -0.25) is 9.98 Å². The van der Waals surface area contributed by atoms with Gasteiger partial charge in [0, 0.05) is 56.1 Å². The minimum atomic E-state index is -0.183. The average molecular weight is 457 g/mol. The molecule has 1 aromatic heterocycles. The molecular weight excluding hydrogens is 427 g/mol. The lowest BCUT2D eigenvalue weighted by molar-refractivity contribution is 0.399. The number of halogens is 1. The van der Waals surface area contributed by atoms with Crippen LogP contribution in [0.5, 0.6) is 0 Å². The fourth-order valence-electron chi connectivity index (χ4n) is 5.42. The molecular formula is C27H29FN6. The maximum absolute atomic E-state index is 13.9. The van der Waals surface area contributed by atoms with E-state index in [0.29, 0.717) is 6.54 Å². The predicted molar refractivity (Wildman–Crippen MR) is 135 cm³/mol. The predicted octanol–water partition coefficient (Wildman–Crippen LogP) is 3.85. The summed E-state index contributed by atoms with van der Waals surface area (Å²) in [7, 11) is 0. The van der Waals surface area contributed by atoms with Crippen molar-refractivity contribution in [2.24, 2.45) is 15.9 Å². The van der Waals surface area contributed by atoms with Gasteiger partial charge in [-0.15, -0.1) is 0 Å². The van der Waals surface area contributed by atoms with Crippen LogP contribution < -0.4 is 10.2 Å². The molecule has 174 valence electrons. The van der Waals surface area contributed by atoms with E-state index >= 15 is 0 Å². The first kappa shape index (κ1) is 21.2. The molecule has 6 nitrogen and oxygen atoms in total. The summed E-state index contributed by atoms with van der Waals surface area (Å²) in [5.41, 5.74) is 4.16. The molecule has 0 saturated carbocycles. The third kappa shape index (κ3) is 4.05. The Morgan fingerprint density at radius 3 is 2.76 bits per heavy atom. The molecule has 0 spiro atoms. The van der Waals surface area contributed by atoms with Crippen molar-refractivity contribution >= 4 is 22.9 Å². The van der Waals surface area contributed by atoms with Crippen molar-refractivity contribution in [3.8, 4) is 0 Å². The summed E-state index contributed by atoms with van der Waals surface area (Å²) in [5, 5.41) is 3.40.